The Morgan fingerprint density at radius 2 is 2.16 bits per heavy atom. The van der Waals surface area contributed by atoms with Crippen LogP contribution in [0.2, 0.25) is 10.0 Å². The van der Waals surface area contributed by atoms with Crippen LogP contribution < -0.4 is 16.0 Å². The van der Waals surface area contributed by atoms with Crippen molar-refractivity contribution < 1.29 is 14.0 Å². The predicted molar refractivity (Wildman–Crippen MR) is 94.6 cm³/mol. The van der Waals surface area contributed by atoms with Crippen LogP contribution in [-0.4, -0.2) is 23.8 Å². The quantitative estimate of drug-likeness (QED) is 0.759. The maximum absolute atomic E-state index is 12.4. The number of carbonyl (C=O) groups excluding carboxylic acids is 2. The van der Waals surface area contributed by atoms with Gasteiger partial charge in [-0.2, -0.15) is 0 Å². The van der Waals surface area contributed by atoms with Crippen LogP contribution in [0.5, 0.6) is 0 Å². The minimum absolute atomic E-state index is 0.00702. The smallest absolute Gasteiger partial charge is 0.247 e. The standard InChI is InChI=1S/C16H14Cl2N4O3/c17-11-4-3-9(6-12(11)18)20-15(24)13-7-14(23)22-16(21-13)19-8-10-2-1-5-25-10/h1-6,13H,7-8H2,(H,20,24)(H2,19,21,22,23)/t13-/m0/s1. The van der Waals surface area contributed by atoms with Gasteiger partial charge >= 0.3 is 0 Å². The lowest BCUT2D eigenvalue weighted by atomic mass is 10.1. The fourth-order valence-corrected chi connectivity index (χ4v) is 2.52. The van der Waals surface area contributed by atoms with Gasteiger partial charge in [0.2, 0.25) is 11.8 Å². The fraction of sp³-hybridized carbons (Fsp3) is 0.188. The molecule has 0 saturated carbocycles. The molecule has 2 aromatic rings. The Bertz CT molecular complexity index is 821. The number of rotatable bonds is 4. The molecule has 0 bridgehead atoms. The van der Waals surface area contributed by atoms with Crippen molar-refractivity contribution in [3.05, 3.63) is 52.4 Å². The second kappa shape index (κ2) is 7.58. The van der Waals surface area contributed by atoms with Crippen LogP contribution in [0.25, 0.3) is 0 Å². The average molecular weight is 381 g/mol. The molecule has 0 unspecified atom stereocenters. The number of benzene rings is 1. The highest BCUT2D eigenvalue weighted by atomic mass is 35.5. The lowest BCUT2D eigenvalue weighted by Gasteiger charge is -2.25. The van der Waals surface area contributed by atoms with Gasteiger partial charge in [0, 0.05) is 5.69 Å². The molecule has 1 saturated heterocycles. The second-order valence-electron chi connectivity index (χ2n) is 5.31. The third kappa shape index (κ3) is 4.52. The zero-order chi connectivity index (χ0) is 17.8. The number of aliphatic imine (C=N–C) groups is 1. The molecule has 2 amide bonds. The first-order valence-electron chi connectivity index (χ1n) is 7.40. The molecule has 1 atom stereocenters. The monoisotopic (exact) mass is 380 g/mol. The average Bonchev–Trinajstić information content (AvgIpc) is 3.09. The molecule has 1 aromatic carbocycles. The van der Waals surface area contributed by atoms with Gasteiger partial charge in [-0.15, -0.1) is 0 Å². The molecule has 7 nitrogen and oxygen atoms in total. The van der Waals surface area contributed by atoms with Crippen molar-refractivity contribution in [1.29, 1.82) is 0 Å². The predicted octanol–water partition coefficient (Wildman–Crippen LogP) is 2.56. The van der Waals surface area contributed by atoms with Crippen molar-refractivity contribution in [2.75, 3.05) is 5.32 Å². The van der Waals surface area contributed by atoms with Crippen LogP contribution in [-0.2, 0) is 16.1 Å². The van der Waals surface area contributed by atoms with Crippen LogP contribution in [0.3, 0.4) is 0 Å². The van der Waals surface area contributed by atoms with Crippen molar-refractivity contribution in [3.8, 4) is 0 Å². The van der Waals surface area contributed by atoms with Gasteiger partial charge in [0.15, 0.2) is 5.96 Å². The molecule has 1 aliphatic heterocycles. The summed E-state index contributed by atoms with van der Waals surface area (Å²) in [5.41, 5.74) is 0.487. The van der Waals surface area contributed by atoms with E-state index in [9.17, 15) is 9.59 Å². The Labute approximate surface area is 153 Å². The molecular weight excluding hydrogens is 367 g/mol. The van der Waals surface area contributed by atoms with Gasteiger partial charge in [-0.3, -0.25) is 14.9 Å². The molecule has 9 heteroatoms. The number of furan rings is 1. The van der Waals surface area contributed by atoms with Gasteiger partial charge in [-0.1, -0.05) is 23.2 Å². The van der Waals surface area contributed by atoms with E-state index < -0.39 is 6.04 Å². The molecule has 0 spiro atoms. The minimum atomic E-state index is -0.751. The molecule has 1 aliphatic rings. The molecule has 0 aliphatic carbocycles. The molecule has 2 heterocycles. The summed E-state index contributed by atoms with van der Waals surface area (Å²) in [5.74, 6) is 0.193. The Morgan fingerprint density at radius 3 is 2.88 bits per heavy atom. The molecule has 25 heavy (non-hydrogen) atoms. The van der Waals surface area contributed by atoms with Crippen molar-refractivity contribution >= 4 is 46.7 Å². The van der Waals surface area contributed by atoms with E-state index in [1.54, 1.807) is 24.3 Å². The van der Waals surface area contributed by atoms with E-state index in [-0.39, 0.29) is 30.7 Å². The summed E-state index contributed by atoms with van der Waals surface area (Å²) in [5, 5.41) is 8.89. The number of anilines is 1. The summed E-state index contributed by atoms with van der Waals surface area (Å²) in [7, 11) is 0. The number of amides is 2. The van der Waals surface area contributed by atoms with Crippen molar-refractivity contribution in [2.24, 2.45) is 4.99 Å². The van der Waals surface area contributed by atoms with E-state index in [0.29, 0.717) is 21.5 Å². The Kier molecular flexibility index (Phi) is 5.25. The molecule has 3 rings (SSSR count). The largest absolute Gasteiger partial charge is 0.467 e. The number of halogens is 2. The maximum Gasteiger partial charge on any atom is 0.247 e. The van der Waals surface area contributed by atoms with Gasteiger partial charge in [0.25, 0.3) is 0 Å². The molecule has 1 aromatic heterocycles. The van der Waals surface area contributed by atoms with Gasteiger partial charge in [0.05, 0.1) is 22.7 Å². The number of hydrogen-bond acceptors (Lipinski definition) is 4. The highest BCUT2D eigenvalue weighted by molar-refractivity contribution is 6.42. The lowest BCUT2D eigenvalue weighted by molar-refractivity contribution is -0.125. The topological polar surface area (TPSA) is 95.7 Å². The summed E-state index contributed by atoms with van der Waals surface area (Å²) in [6.45, 7) is 0.247. The Balaban J connectivity index is 1.66. The fourth-order valence-electron chi connectivity index (χ4n) is 2.23. The molecule has 0 radical (unpaired) electrons. The summed E-state index contributed by atoms with van der Waals surface area (Å²) in [6.07, 6.45) is 1.53. The van der Waals surface area contributed by atoms with Crippen molar-refractivity contribution in [2.45, 2.75) is 19.0 Å². The van der Waals surface area contributed by atoms with E-state index in [4.69, 9.17) is 27.6 Å². The van der Waals surface area contributed by atoms with Gasteiger partial charge in [-0.25, -0.2) is 4.99 Å². The third-order valence-corrected chi connectivity index (χ3v) is 4.17. The first kappa shape index (κ1) is 17.3. The van der Waals surface area contributed by atoms with Crippen LogP contribution >= 0.6 is 23.2 Å². The molecule has 1 fully saturated rings. The van der Waals surface area contributed by atoms with E-state index in [2.05, 4.69) is 20.9 Å². The number of carbonyl (C=O) groups is 2. The molecule has 130 valence electrons. The van der Waals surface area contributed by atoms with Crippen molar-refractivity contribution in [1.82, 2.24) is 10.6 Å². The SMILES string of the molecule is O=C1C[C@@H](C(=O)Nc2ccc(Cl)c(Cl)c2)NC(=NCc2ccco2)N1. The Hall–Kier alpha value is -2.51. The van der Waals surface area contributed by atoms with Crippen LogP contribution in [0.1, 0.15) is 12.2 Å². The van der Waals surface area contributed by atoms with Crippen LogP contribution in [0.4, 0.5) is 5.69 Å². The summed E-state index contributed by atoms with van der Waals surface area (Å²) in [4.78, 5) is 28.4. The van der Waals surface area contributed by atoms with E-state index in [1.807, 2.05) is 0 Å². The zero-order valence-electron chi connectivity index (χ0n) is 12.9. The maximum atomic E-state index is 12.4. The summed E-state index contributed by atoms with van der Waals surface area (Å²) >= 11 is 11.8. The van der Waals surface area contributed by atoms with Gasteiger partial charge in [0.1, 0.15) is 18.3 Å². The van der Waals surface area contributed by atoms with Gasteiger partial charge in [-0.05, 0) is 30.3 Å². The highest BCUT2D eigenvalue weighted by Crippen LogP contribution is 2.25. The number of guanidine groups is 1. The van der Waals surface area contributed by atoms with Crippen LogP contribution in [0, 0.1) is 0 Å². The summed E-state index contributed by atoms with van der Waals surface area (Å²) in [6, 6.07) is 7.51. The second-order valence-corrected chi connectivity index (χ2v) is 6.13. The Morgan fingerprint density at radius 1 is 1.32 bits per heavy atom. The third-order valence-electron chi connectivity index (χ3n) is 3.44. The summed E-state index contributed by atoms with van der Waals surface area (Å²) < 4.78 is 5.18. The molecule has 3 N–H and O–H groups in total. The first-order valence-corrected chi connectivity index (χ1v) is 8.16. The highest BCUT2D eigenvalue weighted by Gasteiger charge is 2.28. The molecular formula is C16H14Cl2N4O3. The first-order chi connectivity index (χ1) is 12.0. The zero-order valence-corrected chi connectivity index (χ0v) is 14.4. The number of nitrogens with one attached hydrogen (secondary N) is 3. The van der Waals surface area contributed by atoms with E-state index in [1.165, 1.54) is 12.3 Å². The lowest BCUT2D eigenvalue weighted by Crippen LogP contribution is -2.57. The van der Waals surface area contributed by atoms with Crippen molar-refractivity contribution in [3.63, 3.8) is 0 Å². The normalized spacial score (nSPS) is 18.6. The van der Waals surface area contributed by atoms with E-state index in [0.717, 1.165) is 0 Å². The van der Waals surface area contributed by atoms with E-state index >= 15 is 0 Å². The minimum Gasteiger partial charge on any atom is -0.467 e. The number of hydrogen-bond donors (Lipinski definition) is 3. The number of nitrogens with zero attached hydrogens (tertiary/aromatic N) is 1. The van der Waals surface area contributed by atoms with Crippen LogP contribution in [0.15, 0.2) is 46.0 Å². The van der Waals surface area contributed by atoms with Gasteiger partial charge < -0.3 is 15.1 Å².